The van der Waals surface area contributed by atoms with Crippen molar-refractivity contribution in [2.45, 2.75) is 18.9 Å². The smallest absolute Gasteiger partial charge is 0.320 e. The Morgan fingerprint density at radius 1 is 1.48 bits per heavy atom. The van der Waals surface area contributed by atoms with Crippen molar-refractivity contribution < 1.29 is 9.53 Å². The number of aromatic nitrogens is 1. The number of pyridine rings is 1. The highest BCUT2D eigenvalue weighted by molar-refractivity contribution is 7.99. The number of ether oxygens (including phenoxy) is 1. The Balaban J connectivity index is 1.58. The molecule has 2 aliphatic rings. The van der Waals surface area contributed by atoms with Gasteiger partial charge in [-0.2, -0.15) is 11.8 Å². The van der Waals surface area contributed by atoms with Gasteiger partial charge in [0.05, 0.1) is 13.2 Å². The van der Waals surface area contributed by atoms with Crippen LogP contribution in [-0.4, -0.2) is 65.8 Å². The molecule has 0 radical (unpaired) electrons. The van der Waals surface area contributed by atoms with Crippen molar-refractivity contribution in [3.8, 4) is 0 Å². The molecule has 2 amide bonds. The summed E-state index contributed by atoms with van der Waals surface area (Å²) in [6.45, 7) is 6.06. The van der Waals surface area contributed by atoms with E-state index >= 15 is 0 Å². The third kappa shape index (κ3) is 3.97. The Bertz CT molecular complexity index is 543. The maximum Gasteiger partial charge on any atom is 0.320 e. The van der Waals surface area contributed by atoms with Crippen molar-refractivity contribution in [2.75, 3.05) is 49.7 Å². The Hall–Kier alpha value is -1.31. The molecule has 2 N–H and O–H groups in total. The van der Waals surface area contributed by atoms with Crippen LogP contribution in [0.3, 0.4) is 0 Å². The fourth-order valence-electron chi connectivity index (χ4n) is 3.15. The second-order valence-electron chi connectivity index (χ2n) is 6.10. The molecule has 1 atom stereocenters. The molecule has 126 valence electrons. The lowest BCUT2D eigenvalue weighted by atomic mass is 9.95. The molecule has 0 saturated carbocycles. The number of hydrogen-bond donors (Lipinski definition) is 2. The summed E-state index contributed by atoms with van der Waals surface area (Å²) in [6.07, 6.45) is 2.80. The van der Waals surface area contributed by atoms with Crippen LogP contribution >= 0.6 is 11.8 Å². The summed E-state index contributed by atoms with van der Waals surface area (Å²) in [5.74, 6) is 2.84. The number of hydrogen-bond acceptors (Lipinski definition) is 5. The molecular formula is C16H24N4O2S. The highest BCUT2D eigenvalue weighted by atomic mass is 32.2. The van der Waals surface area contributed by atoms with Crippen LogP contribution in [-0.2, 0) is 4.74 Å². The number of nitrogens with zero attached hydrogens (tertiary/aromatic N) is 2. The Kier molecular flexibility index (Phi) is 5.40. The lowest BCUT2D eigenvalue weighted by Crippen LogP contribution is -2.59. The molecule has 0 bridgehead atoms. The van der Waals surface area contributed by atoms with E-state index in [0.717, 1.165) is 49.8 Å². The number of anilines is 1. The molecule has 0 aromatic carbocycles. The van der Waals surface area contributed by atoms with E-state index in [-0.39, 0.29) is 11.6 Å². The molecule has 7 heteroatoms. The fourth-order valence-corrected chi connectivity index (χ4v) is 4.63. The fraction of sp³-hybridized carbons (Fsp3) is 0.625. The van der Waals surface area contributed by atoms with E-state index in [1.165, 1.54) is 0 Å². The van der Waals surface area contributed by atoms with Gasteiger partial charge in [0.25, 0.3) is 0 Å². The molecule has 1 aromatic rings. The van der Waals surface area contributed by atoms with Gasteiger partial charge in [0, 0.05) is 37.1 Å². The largest absolute Gasteiger partial charge is 0.379 e. The predicted octanol–water partition coefficient (Wildman–Crippen LogP) is 1.72. The molecule has 3 rings (SSSR count). The molecule has 6 nitrogen and oxygen atoms in total. The Labute approximate surface area is 141 Å². The minimum atomic E-state index is -0.184. The zero-order valence-corrected chi connectivity index (χ0v) is 14.3. The number of nitrogens with one attached hydrogen (secondary N) is 2. The lowest BCUT2D eigenvalue weighted by molar-refractivity contribution is -0.0123. The first-order valence-corrected chi connectivity index (χ1v) is 9.22. The number of carbonyl (C=O) groups is 1. The van der Waals surface area contributed by atoms with Crippen LogP contribution in [0.1, 0.15) is 12.0 Å². The molecule has 0 unspecified atom stereocenters. The van der Waals surface area contributed by atoms with Crippen molar-refractivity contribution in [1.29, 1.82) is 0 Å². The molecule has 23 heavy (non-hydrogen) atoms. The third-order valence-corrected chi connectivity index (χ3v) is 5.82. The minimum Gasteiger partial charge on any atom is -0.379 e. The first-order chi connectivity index (χ1) is 11.2. The minimum absolute atomic E-state index is 0.0605. The van der Waals surface area contributed by atoms with E-state index in [2.05, 4.69) is 20.5 Å². The SMILES string of the molecule is Cc1cccnc1NC(=O)NC[C@@]1(N2CCOCC2)CCSC1. The number of amides is 2. The van der Waals surface area contributed by atoms with Crippen LogP contribution in [0.5, 0.6) is 0 Å². The summed E-state index contributed by atoms with van der Waals surface area (Å²) in [4.78, 5) is 18.9. The van der Waals surface area contributed by atoms with E-state index in [1.54, 1.807) is 6.20 Å². The molecule has 1 aromatic heterocycles. The number of urea groups is 1. The zero-order chi connectivity index (χ0) is 16.1. The van der Waals surface area contributed by atoms with Gasteiger partial charge in [-0.15, -0.1) is 0 Å². The van der Waals surface area contributed by atoms with E-state index < -0.39 is 0 Å². The molecule has 0 spiro atoms. The average Bonchev–Trinajstić information content (AvgIpc) is 3.06. The van der Waals surface area contributed by atoms with Crippen LogP contribution in [0.25, 0.3) is 0 Å². The first kappa shape index (κ1) is 16.5. The number of thioether (sulfide) groups is 1. The van der Waals surface area contributed by atoms with Crippen molar-refractivity contribution in [3.63, 3.8) is 0 Å². The summed E-state index contributed by atoms with van der Waals surface area (Å²) < 4.78 is 5.47. The summed E-state index contributed by atoms with van der Waals surface area (Å²) >= 11 is 1.97. The normalized spacial score (nSPS) is 25.3. The maximum absolute atomic E-state index is 12.2. The van der Waals surface area contributed by atoms with Gasteiger partial charge in [0.15, 0.2) is 0 Å². The molecule has 2 fully saturated rings. The Morgan fingerprint density at radius 2 is 2.30 bits per heavy atom. The van der Waals surface area contributed by atoms with E-state index in [1.807, 2.05) is 30.8 Å². The van der Waals surface area contributed by atoms with Gasteiger partial charge in [-0.25, -0.2) is 9.78 Å². The zero-order valence-electron chi connectivity index (χ0n) is 13.5. The van der Waals surface area contributed by atoms with E-state index in [4.69, 9.17) is 4.74 Å². The van der Waals surface area contributed by atoms with Crippen LogP contribution in [0.15, 0.2) is 18.3 Å². The van der Waals surface area contributed by atoms with Crippen LogP contribution in [0.2, 0.25) is 0 Å². The van der Waals surface area contributed by atoms with Gasteiger partial charge in [0.2, 0.25) is 0 Å². The molecule has 3 heterocycles. The highest BCUT2D eigenvalue weighted by Gasteiger charge is 2.40. The Morgan fingerprint density at radius 3 is 3.00 bits per heavy atom. The third-order valence-electron chi connectivity index (χ3n) is 4.58. The van der Waals surface area contributed by atoms with E-state index in [0.29, 0.717) is 12.4 Å². The van der Waals surface area contributed by atoms with Gasteiger partial charge in [-0.1, -0.05) is 6.07 Å². The van der Waals surface area contributed by atoms with Gasteiger partial charge in [0.1, 0.15) is 5.82 Å². The predicted molar refractivity (Wildman–Crippen MR) is 93.1 cm³/mol. The number of aryl methyl sites for hydroxylation is 1. The van der Waals surface area contributed by atoms with Crippen molar-refractivity contribution in [3.05, 3.63) is 23.9 Å². The number of rotatable bonds is 4. The van der Waals surface area contributed by atoms with Gasteiger partial charge >= 0.3 is 6.03 Å². The number of carbonyl (C=O) groups excluding carboxylic acids is 1. The van der Waals surface area contributed by atoms with Crippen LogP contribution in [0, 0.1) is 6.92 Å². The summed E-state index contributed by atoms with van der Waals surface area (Å²) in [5, 5.41) is 5.90. The van der Waals surface area contributed by atoms with Gasteiger partial charge in [-0.3, -0.25) is 10.2 Å². The van der Waals surface area contributed by atoms with Crippen molar-refractivity contribution in [1.82, 2.24) is 15.2 Å². The van der Waals surface area contributed by atoms with E-state index in [9.17, 15) is 4.79 Å². The average molecular weight is 336 g/mol. The number of morpholine rings is 1. The quantitative estimate of drug-likeness (QED) is 0.876. The first-order valence-electron chi connectivity index (χ1n) is 8.07. The van der Waals surface area contributed by atoms with Gasteiger partial charge in [-0.05, 0) is 30.7 Å². The maximum atomic E-state index is 12.2. The second-order valence-corrected chi connectivity index (χ2v) is 7.21. The molecule has 2 saturated heterocycles. The lowest BCUT2D eigenvalue weighted by Gasteiger charge is -2.43. The van der Waals surface area contributed by atoms with Crippen LogP contribution < -0.4 is 10.6 Å². The summed E-state index contributed by atoms with van der Waals surface area (Å²) in [6, 6.07) is 3.61. The van der Waals surface area contributed by atoms with Crippen molar-refractivity contribution in [2.24, 2.45) is 0 Å². The molecule has 2 aliphatic heterocycles. The van der Waals surface area contributed by atoms with Crippen molar-refractivity contribution >= 4 is 23.6 Å². The summed E-state index contributed by atoms with van der Waals surface area (Å²) in [5.41, 5.74) is 1.02. The summed E-state index contributed by atoms with van der Waals surface area (Å²) in [7, 11) is 0. The highest BCUT2D eigenvalue weighted by Crippen LogP contribution is 2.33. The monoisotopic (exact) mass is 336 g/mol. The molecule has 0 aliphatic carbocycles. The van der Waals surface area contributed by atoms with Gasteiger partial charge < -0.3 is 10.1 Å². The molecular weight excluding hydrogens is 312 g/mol. The topological polar surface area (TPSA) is 66.5 Å². The standard InChI is InChI=1S/C16H24N4O2S/c1-13-3-2-5-17-14(13)19-15(21)18-11-16(4-10-23-12-16)20-6-8-22-9-7-20/h2-3,5H,4,6-12H2,1H3,(H2,17,18,19,21)/t16-/m0/s1. The van der Waals surface area contributed by atoms with Crippen LogP contribution in [0.4, 0.5) is 10.6 Å². The second kappa shape index (κ2) is 7.51.